The standard InChI is InChI=1S/C12H26N2O2/c1-3-5-7-11(13)12(15)14-8-10-16-9-6-4-2/h11H,3-10,13H2,1-2H3,(H,14,15)/t11-/m0/s1. The number of carbonyl (C=O) groups is 1. The van der Waals surface area contributed by atoms with E-state index in [-0.39, 0.29) is 11.9 Å². The first-order chi connectivity index (χ1) is 7.72. The van der Waals surface area contributed by atoms with Crippen LogP contribution in [0.4, 0.5) is 0 Å². The van der Waals surface area contributed by atoms with Gasteiger partial charge in [0.25, 0.3) is 0 Å². The van der Waals surface area contributed by atoms with Crippen LogP contribution < -0.4 is 11.1 Å². The Hall–Kier alpha value is -0.610. The monoisotopic (exact) mass is 230 g/mol. The Balaban J connectivity index is 3.35. The highest BCUT2D eigenvalue weighted by atomic mass is 16.5. The van der Waals surface area contributed by atoms with Crippen LogP contribution in [-0.2, 0) is 9.53 Å². The maximum Gasteiger partial charge on any atom is 0.236 e. The topological polar surface area (TPSA) is 64.3 Å². The number of ether oxygens (including phenoxy) is 1. The molecule has 0 aromatic rings. The Morgan fingerprint density at radius 1 is 1.25 bits per heavy atom. The Labute approximate surface area is 98.9 Å². The third-order valence-corrected chi connectivity index (χ3v) is 2.39. The van der Waals surface area contributed by atoms with Crippen LogP contribution in [0.15, 0.2) is 0 Å². The van der Waals surface area contributed by atoms with Gasteiger partial charge in [0.1, 0.15) is 0 Å². The van der Waals surface area contributed by atoms with Gasteiger partial charge in [-0.15, -0.1) is 0 Å². The highest BCUT2D eigenvalue weighted by Gasteiger charge is 2.11. The highest BCUT2D eigenvalue weighted by Crippen LogP contribution is 1.97. The van der Waals surface area contributed by atoms with E-state index in [1.54, 1.807) is 0 Å². The first-order valence-electron chi connectivity index (χ1n) is 6.33. The first-order valence-corrected chi connectivity index (χ1v) is 6.33. The molecule has 0 radical (unpaired) electrons. The molecular weight excluding hydrogens is 204 g/mol. The summed E-state index contributed by atoms with van der Waals surface area (Å²) in [6.07, 6.45) is 5.04. The van der Waals surface area contributed by atoms with Gasteiger partial charge in [-0.1, -0.05) is 33.1 Å². The fourth-order valence-corrected chi connectivity index (χ4v) is 1.28. The van der Waals surface area contributed by atoms with Crippen LogP contribution in [0, 0.1) is 0 Å². The summed E-state index contributed by atoms with van der Waals surface area (Å²) in [6.45, 7) is 6.12. The lowest BCUT2D eigenvalue weighted by molar-refractivity contribution is -0.122. The van der Waals surface area contributed by atoms with Crippen molar-refractivity contribution in [1.82, 2.24) is 5.32 Å². The fourth-order valence-electron chi connectivity index (χ4n) is 1.28. The maximum absolute atomic E-state index is 11.4. The van der Waals surface area contributed by atoms with E-state index in [2.05, 4.69) is 19.2 Å². The minimum absolute atomic E-state index is 0.0625. The van der Waals surface area contributed by atoms with Crippen molar-refractivity contribution in [2.24, 2.45) is 5.73 Å². The Morgan fingerprint density at radius 3 is 2.56 bits per heavy atom. The number of nitrogens with one attached hydrogen (secondary N) is 1. The highest BCUT2D eigenvalue weighted by molar-refractivity contribution is 5.81. The van der Waals surface area contributed by atoms with E-state index in [9.17, 15) is 4.79 Å². The van der Waals surface area contributed by atoms with Gasteiger partial charge in [0.2, 0.25) is 5.91 Å². The molecule has 0 fully saturated rings. The van der Waals surface area contributed by atoms with Gasteiger partial charge < -0.3 is 15.8 Å². The lowest BCUT2D eigenvalue weighted by atomic mass is 10.1. The van der Waals surface area contributed by atoms with Gasteiger partial charge in [0.05, 0.1) is 12.6 Å². The molecule has 1 amide bonds. The van der Waals surface area contributed by atoms with E-state index < -0.39 is 0 Å². The second-order valence-electron chi connectivity index (χ2n) is 4.01. The smallest absolute Gasteiger partial charge is 0.236 e. The second-order valence-corrected chi connectivity index (χ2v) is 4.01. The molecule has 96 valence electrons. The summed E-state index contributed by atoms with van der Waals surface area (Å²) >= 11 is 0. The predicted molar refractivity (Wildman–Crippen MR) is 66.2 cm³/mol. The van der Waals surface area contributed by atoms with E-state index in [1.165, 1.54) is 0 Å². The summed E-state index contributed by atoms with van der Waals surface area (Å²) < 4.78 is 5.33. The molecule has 0 aliphatic rings. The molecular formula is C12H26N2O2. The lowest BCUT2D eigenvalue weighted by Gasteiger charge is -2.11. The molecule has 0 aromatic carbocycles. The molecule has 4 nitrogen and oxygen atoms in total. The van der Waals surface area contributed by atoms with Crippen molar-refractivity contribution in [3.8, 4) is 0 Å². The number of unbranched alkanes of at least 4 members (excludes halogenated alkanes) is 2. The van der Waals surface area contributed by atoms with Crippen molar-refractivity contribution in [1.29, 1.82) is 0 Å². The van der Waals surface area contributed by atoms with Crippen LogP contribution in [0.1, 0.15) is 46.0 Å². The van der Waals surface area contributed by atoms with E-state index >= 15 is 0 Å². The SMILES string of the molecule is CCCCOCCNC(=O)[C@@H](N)CCCC. The Bertz CT molecular complexity index is 174. The molecule has 0 aliphatic carbocycles. The molecule has 3 N–H and O–H groups in total. The van der Waals surface area contributed by atoms with Gasteiger partial charge in [0, 0.05) is 13.2 Å². The van der Waals surface area contributed by atoms with Crippen LogP contribution in [0.5, 0.6) is 0 Å². The number of carbonyl (C=O) groups excluding carboxylic acids is 1. The summed E-state index contributed by atoms with van der Waals surface area (Å²) in [4.78, 5) is 11.4. The third kappa shape index (κ3) is 8.68. The van der Waals surface area contributed by atoms with Crippen LogP contribution in [0.2, 0.25) is 0 Å². The number of nitrogens with two attached hydrogens (primary N) is 1. The summed E-state index contributed by atoms with van der Waals surface area (Å²) in [6, 6.07) is -0.365. The molecule has 16 heavy (non-hydrogen) atoms. The molecule has 0 aromatic heterocycles. The number of hydrogen-bond donors (Lipinski definition) is 2. The average molecular weight is 230 g/mol. The number of hydrogen-bond acceptors (Lipinski definition) is 3. The van der Waals surface area contributed by atoms with Crippen molar-refractivity contribution in [2.45, 2.75) is 52.0 Å². The molecule has 4 heteroatoms. The Morgan fingerprint density at radius 2 is 1.94 bits per heavy atom. The normalized spacial score (nSPS) is 12.4. The number of rotatable bonds is 10. The fraction of sp³-hybridized carbons (Fsp3) is 0.917. The van der Waals surface area contributed by atoms with Crippen LogP contribution in [0.3, 0.4) is 0 Å². The van der Waals surface area contributed by atoms with Gasteiger partial charge in [-0.25, -0.2) is 0 Å². The number of amides is 1. The van der Waals surface area contributed by atoms with Gasteiger partial charge >= 0.3 is 0 Å². The molecule has 0 spiro atoms. The molecule has 0 aliphatic heterocycles. The second kappa shape index (κ2) is 10.9. The van der Waals surface area contributed by atoms with Crippen molar-refractivity contribution in [3.05, 3.63) is 0 Å². The zero-order valence-corrected chi connectivity index (χ0v) is 10.6. The van der Waals surface area contributed by atoms with E-state index in [4.69, 9.17) is 10.5 Å². The molecule has 0 bridgehead atoms. The quantitative estimate of drug-likeness (QED) is 0.558. The summed E-state index contributed by atoms with van der Waals surface area (Å²) in [7, 11) is 0. The van der Waals surface area contributed by atoms with Gasteiger partial charge in [-0.3, -0.25) is 4.79 Å². The molecule has 1 atom stereocenters. The zero-order chi connectivity index (χ0) is 12.2. The van der Waals surface area contributed by atoms with E-state index in [1.807, 2.05) is 0 Å². The van der Waals surface area contributed by atoms with Crippen LogP contribution >= 0.6 is 0 Å². The van der Waals surface area contributed by atoms with Crippen LogP contribution in [0.25, 0.3) is 0 Å². The maximum atomic E-state index is 11.4. The minimum atomic E-state index is -0.365. The Kier molecular flexibility index (Phi) is 10.5. The average Bonchev–Trinajstić information content (AvgIpc) is 2.30. The summed E-state index contributed by atoms with van der Waals surface area (Å²) in [5.41, 5.74) is 5.71. The largest absolute Gasteiger partial charge is 0.380 e. The van der Waals surface area contributed by atoms with Gasteiger partial charge in [-0.2, -0.15) is 0 Å². The summed E-state index contributed by atoms with van der Waals surface area (Å²) in [5.74, 6) is -0.0625. The molecule has 0 rings (SSSR count). The van der Waals surface area contributed by atoms with E-state index in [0.29, 0.717) is 13.2 Å². The van der Waals surface area contributed by atoms with Crippen LogP contribution in [-0.4, -0.2) is 31.7 Å². The third-order valence-electron chi connectivity index (χ3n) is 2.39. The van der Waals surface area contributed by atoms with Crippen molar-refractivity contribution >= 4 is 5.91 Å². The molecule has 0 heterocycles. The first kappa shape index (κ1) is 15.4. The van der Waals surface area contributed by atoms with Gasteiger partial charge in [-0.05, 0) is 12.8 Å². The van der Waals surface area contributed by atoms with E-state index in [0.717, 1.165) is 38.7 Å². The van der Waals surface area contributed by atoms with Crippen molar-refractivity contribution in [2.75, 3.05) is 19.8 Å². The van der Waals surface area contributed by atoms with Gasteiger partial charge in [0.15, 0.2) is 0 Å². The molecule has 0 saturated heterocycles. The lowest BCUT2D eigenvalue weighted by Crippen LogP contribution is -2.41. The molecule has 0 saturated carbocycles. The molecule has 0 unspecified atom stereocenters. The predicted octanol–water partition coefficient (Wildman–Crippen LogP) is 1.44. The summed E-state index contributed by atoms with van der Waals surface area (Å²) in [5, 5.41) is 2.78. The zero-order valence-electron chi connectivity index (χ0n) is 10.6. The minimum Gasteiger partial charge on any atom is -0.380 e. The van der Waals surface area contributed by atoms with Crippen molar-refractivity contribution in [3.63, 3.8) is 0 Å². The van der Waals surface area contributed by atoms with Crippen molar-refractivity contribution < 1.29 is 9.53 Å².